The molecule has 2 aliphatic carbocycles. The Morgan fingerprint density at radius 3 is 1.77 bits per heavy atom. The second-order valence-corrected chi connectivity index (χ2v) is 19.6. The zero-order valence-corrected chi connectivity index (χ0v) is 42.9. The molecule has 2 aliphatic heterocycles. The van der Waals surface area contributed by atoms with Crippen LogP contribution >= 0.6 is 0 Å². The lowest BCUT2D eigenvalue weighted by molar-refractivity contribution is -0.142. The summed E-state index contributed by atoms with van der Waals surface area (Å²) in [6, 6.07) is 9.17. The fraction of sp³-hybridized carbons (Fsp3) is 0.527. The molecule has 2 fully saturated rings. The summed E-state index contributed by atoms with van der Waals surface area (Å²) in [5.41, 5.74) is 3.67. The molecule has 8 amide bonds. The van der Waals surface area contributed by atoms with Crippen molar-refractivity contribution in [2.24, 2.45) is 0 Å². The molecule has 6 rings (SSSR count). The smallest absolute Gasteiger partial charge is 0.251 e. The molecular weight excluding hydrogens is 929 g/mol. The summed E-state index contributed by atoms with van der Waals surface area (Å²) in [7, 11) is 3.26. The van der Waals surface area contributed by atoms with E-state index in [-0.39, 0.29) is 61.0 Å². The van der Waals surface area contributed by atoms with Crippen molar-refractivity contribution < 1.29 is 38.4 Å². The molecule has 394 valence electrons. The molecule has 2 aromatic rings. The fourth-order valence-electron chi connectivity index (χ4n) is 9.93. The summed E-state index contributed by atoms with van der Waals surface area (Å²) in [6.07, 6.45) is 16.0. The van der Waals surface area contributed by atoms with Gasteiger partial charge in [-0.05, 0) is 141 Å². The minimum atomic E-state index is -1.04. The molecule has 0 aromatic heterocycles. The molecular formula is C55H76N10O8. The third kappa shape index (κ3) is 15.4. The molecule has 0 unspecified atom stereocenters. The maximum Gasteiger partial charge on any atom is 0.251 e. The van der Waals surface area contributed by atoms with Crippen molar-refractivity contribution in [3.63, 3.8) is 0 Å². The van der Waals surface area contributed by atoms with Crippen molar-refractivity contribution in [2.75, 3.05) is 40.3 Å². The normalized spacial score (nSPS) is 22.3. The SMILES string of the molecule is C=C1/C=C\C=C/C[C@H](NC(=O)[C@@H]2CCCN2C(=O)[C@H](CCNC(=O)c2cccc(C(=O)NCC[C@H](NC(=O)[C@H](C)NC)C(=O)N3CCC[C@H]3C(=O)N[C@@H]3CCCc4ccccc43)c2)NC(=O)[C@H](C)NC)CCC1. The third-order valence-corrected chi connectivity index (χ3v) is 14.5. The Kier molecular flexibility index (Phi) is 20.9. The zero-order valence-electron chi connectivity index (χ0n) is 42.9. The van der Waals surface area contributed by atoms with Gasteiger partial charge in [-0.25, -0.2) is 0 Å². The van der Waals surface area contributed by atoms with Crippen LogP contribution in [0.4, 0.5) is 0 Å². The molecule has 73 heavy (non-hydrogen) atoms. The van der Waals surface area contributed by atoms with E-state index in [0.717, 1.165) is 49.7 Å². The first kappa shape index (κ1) is 55.7. The number of aryl methyl sites for hydroxylation is 1. The van der Waals surface area contributed by atoms with Gasteiger partial charge >= 0.3 is 0 Å². The molecule has 0 spiro atoms. The van der Waals surface area contributed by atoms with Crippen LogP contribution in [0.2, 0.25) is 0 Å². The van der Waals surface area contributed by atoms with Crippen LogP contribution in [0.5, 0.6) is 0 Å². The van der Waals surface area contributed by atoms with Gasteiger partial charge in [-0.3, -0.25) is 38.4 Å². The van der Waals surface area contributed by atoms with Gasteiger partial charge in [-0.15, -0.1) is 0 Å². The van der Waals surface area contributed by atoms with Crippen LogP contribution in [0.1, 0.15) is 129 Å². The predicted molar refractivity (Wildman–Crippen MR) is 279 cm³/mol. The zero-order chi connectivity index (χ0) is 52.4. The quantitative estimate of drug-likeness (QED) is 0.0966. The van der Waals surface area contributed by atoms with Crippen molar-refractivity contribution in [3.05, 3.63) is 107 Å². The molecule has 4 aliphatic rings. The molecule has 0 bridgehead atoms. The van der Waals surface area contributed by atoms with Gasteiger partial charge in [0.2, 0.25) is 35.4 Å². The maximum atomic E-state index is 14.2. The first-order chi connectivity index (χ1) is 35.2. The summed E-state index contributed by atoms with van der Waals surface area (Å²) < 4.78 is 0. The van der Waals surface area contributed by atoms with Gasteiger partial charge in [0.05, 0.1) is 18.1 Å². The van der Waals surface area contributed by atoms with E-state index in [0.29, 0.717) is 45.2 Å². The summed E-state index contributed by atoms with van der Waals surface area (Å²) in [4.78, 5) is 112. The van der Waals surface area contributed by atoms with E-state index >= 15 is 0 Å². The Labute approximate surface area is 429 Å². The number of carbonyl (C=O) groups excluding carboxylic acids is 8. The first-order valence-corrected chi connectivity index (χ1v) is 26.1. The molecule has 18 heteroatoms. The second kappa shape index (κ2) is 27.4. The highest BCUT2D eigenvalue weighted by Gasteiger charge is 2.40. The van der Waals surface area contributed by atoms with E-state index in [4.69, 9.17) is 0 Å². The molecule has 2 heterocycles. The minimum Gasteiger partial charge on any atom is -0.352 e. The van der Waals surface area contributed by atoms with Crippen molar-refractivity contribution in [3.8, 4) is 0 Å². The highest BCUT2D eigenvalue weighted by molar-refractivity contribution is 6.00. The Balaban J connectivity index is 1.04. The van der Waals surface area contributed by atoms with Gasteiger partial charge in [0.1, 0.15) is 24.2 Å². The summed E-state index contributed by atoms with van der Waals surface area (Å²) in [5.74, 6) is -3.15. The van der Waals surface area contributed by atoms with E-state index < -0.39 is 71.7 Å². The lowest BCUT2D eigenvalue weighted by atomic mass is 9.87. The molecule has 8 N–H and O–H groups in total. The van der Waals surface area contributed by atoms with Gasteiger partial charge in [0, 0.05) is 43.3 Å². The standard InChI is InChI=1S/C55H76N10O8/c1-35-16-7-6-8-22-41(23-11-17-35)60-52(70)46-26-14-32-64(46)54(72)44(62-48(66)36(2)56-4)28-30-58-50(68)39-20-12-21-40(34-39)51(69)59-31-29-45(63-49(67)37(3)57-5)55(73)65-33-15-27-47(65)53(71)61-43-25-13-19-38-18-9-10-24-42(38)43/h6-10,12,16,18,20-21,24,34,36-37,41,43-47,56-57H,1,11,13-15,17,19,22-23,25-33H2,2-5H3,(H,58,68)(H,59,69)(H,60,70)(H,61,71)(H,62,66)(H,63,67)/b8-6-,16-7-/t36-,37-,41-,43+,44-,45-,46-,47-/m0/s1. The van der Waals surface area contributed by atoms with Crippen LogP contribution in [0, 0.1) is 0 Å². The summed E-state index contributed by atoms with van der Waals surface area (Å²) in [6.45, 7) is 8.08. The lowest BCUT2D eigenvalue weighted by Gasteiger charge is -2.32. The molecule has 0 radical (unpaired) electrons. The van der Waals surface area contributed by atoms with E-state index in [2.05, 4.69) is 55.2 Å². The van der Waals surface area contributed by atoms with E-state index in [1.165, 1.54) is 21.4 Å². The van der Waals surface area contributed by atoms with E-state index in [9.17, 15) is 38.4 Å². The molecule has 8 atom stereocenters. The highest BCUT2D eigenvalue weighted by atomic mass is 16.2. The Morgan fingerprint density at radius 1 is 0.644 bits per heavy atom. The van der Waals surface area contributed by atoms with Crippen LogP contribution in [0.15, 0.2) is 85.0 Å². The van der Waals surface area contributed by atoms with Crippen molar-refractivity contribution in [2.45, 2.75) is 146 Å². The Morgan fingerprint density at radius 2 is 1.19 bits per heavy atom. The van der Waals surface area contributed by atoms with E-state index in [1.54, 1.807) is 46.1 Å². The molecule has 2 aromatic carbocycles. The van der Waals surface area contributed by atoms with Crippen LogP contribution < -0.4 is 42.5 Å². The van der Waals surface area contributed by atoms with E-state index in [1.807, 2.05) is 42.5 Å². The largest absolute Gasteiger partial charge is 0.352 e. The minimum absolute atomic E-state index is 0.0114. The number of hydrogen-bond donors (Lipinski definition) is 8. The van der Waals surface area contributed by atoms with Crippen molar-refractivity contribution in [1.82, 2.24) is 52.3 Å². The summed E-state index contributed by atoms with van der Waals surface area (Å²) >= 11 is 0. The monoisotopic (exact) mass is 1000 g/mol. The topological polar surface area (TPSA) is 239 Å². The van der Waals surface area contributed by atoms with Gasteiger partial charge < -0.3 is 52.3 Å². The number of benzene rings is 2. The lowest BCUT2D eigenvalue weighted by Crippen LogP contribution is -2.56. The van der Waals surface area contributed by atoms with Gasteiger partial charge in [0.25, 0.3) is 11.8 Å². The Bertz CT molecular complexity index is 2390. The van der Waals surface area contributed by atoms with Crippen LogP contribution in [-0.4, -0.2) is 140 Å². The van der Waals surface area contributed by atoms with Crippen molar-refractivity contribution >= 4 is 47.3 Å². The number of likely N-dealkylation sites (N-methyl/N-ethyl adjacent to an activating group) is 2. The maximum absolute atomic E-state index is 14.2. The van der Waals surface area contributed by atoms with Crippen LogP contribution in [-0.2, 0) is 35.2 Å². The highest BCUT2D eigenvalue weighted by Crippen LogP contribution is 2.31. The van der Waals surface area contributed by atoms with Gasteiger partial charge in [0.15, 0.2) is 0 Å². The number of rotatable bonds is 20. The summed E-state index contributed by atoms with van der Waals surface area (Å²) in [5, 5.41) is 23.4. The van der Waals surface area contributed by atoms with Gasteiger partial charge in [-0.2, -0.15) is 0 Å². The number of amides is 8. The predicted octanol–water partition coefficient (Wildman–Crippen LogP) is 3.02. The fourth-order valence-corrected chi connectivity index (χ4v) is 9.93. The average molecular weight is 1010 g/mol. The first-order valence-electron chi connectivity index (χ1n) is 26.1. The molecule has 0 saturated carbocycles. The van der Waals surface area contributed by atoms with Crippen LogP contribution in [0.3, 0.4) is 0 Å². The number of carbonyl (C=O) groups is 8. The number of fused-ring (bicyclic) bond motifs is 1. The number of nitrogens with one attached hydrogen (secondary N) is 8. The number of allylic oxidation sites excluding steroid dienone is 4. The van der Waals surface area contributed by atoms with Crippen LogP contribution in [0.25, 0.3) is 0 Å². The average Bonchev–Trinajstić information content (AvgIpc) is 4.11. The Hall–Kier alpha value is -6.66. The third-order valence-electron chi connectivity index (χ3n) is 14.5. The number of hydrogen-bond acceptors (Lipinski definition) is 10. The number of likely N-dealkylation sites (tertiary alicyclic amines) is 2. The molecule has 2 saturated heterocycles. The van der Waals surface area contributed by atoms with Gasteiger partial charge in [-0.1, -0.05) is 66.8 Å². The second-order valence-electron chi connectivity index (χ2n) is 19.6. The molecule has 18 nitrogen and oxygen atoms in total. The number of nitrogens with zero attached hydrogens (tertiary/aromatic N) is 2. The van der Waals surface area contributed by atoms with Crippen molar-refractivity contribution in [1.29, 1.82) is 0 Å².